The van der Waals surface area contributed by atoms with Crippen molar-refractivity contribution in [3.05, 3.63) is 24.3 Å². The molecule has 0 spiro atoms. The first-order chi connectivity index (χ1) is 9.02. The Morgan fingerprint density at radius 1 is 1.11 bits per heavy atom. The number of allylic oxidation sites excluding steroid dienone is 3. The predicted octanol–water partition coefficient (Wildman–Crippen LogP) is 4.27. The van der Waals surface area contributed by atoms with Crippen LogP contribution in [0.3, 0.4) is 0 Å². The largest absolute Gasteiger partial charge is 0.411 e. The highest BCUT2D eigenvalue weighted by Gasteiger charge is 2.13. The third-order valence-electron chi connectivity index (χ3n) is 3.19. The monoisotopic (exact) mass is 266 g/mol. The molecule has 0 aliphatic carbocycles. The van der Waals surface area contributed by atoms with Gasteiger partial charge in [-0.15, -0.1) is 5.16 Å². The summed E-state index contributed by atoms with van der Waals surface area (Å²) in [6, 6.07) is 0.306. The molecule has 0 bridgehead atoms. The van der Waals surface area contributed by atoms with Crippen molar-refractivity contribution < 1.29 is 5.21 Å². The van der Waals surface area contributed by atoms with Crippen LogP contribution in [-0.4, -0.2) is 17.5 Å². The third-order valence-corrected chi connectivity index (χ3v) is 3.19. The number of nitrogens with zero attached hydrogens (tertiary/aromatic N) is 1. The Kier molecular flexibility index (Phi) is 10.2. The van der Waals surface area contributed by atoms with E-state index in [9.17, 15) is 0 Å². The van der Waals surface area contributed by atoms with Crippen molar-refractivity contribution in [2.45, 2.75) is 65.3 Å². The van der Waals surface area contributed by atoms with E-state index in [2.05, 4.69) is 50.2 Å². The number of nitrogens with two attached hydrogens (primary N) is 1. The van der Waals surface area contributed by atoms with E-state index in [-0.39, 0.29) is 5.41 Å². The van der Waals surface area contributed by atoms with Gasteiger partial charge in [-0.3, -0.25) is 0 Å². The van der Waals surface area contributed by atoms with Gasteiger partial charge >= 0.3 is 0 Å². The first kappa shape index (κ1) is 17.9. The van der Waals surface area contributed by atoms with Crippen molar-refractivity contribution >= 4 is 6.21 Å². The van der Waals surface area contributed by atoms with Crippen LogP contribution in [-0.2, 0) is 0 Å². The van der Waals surface area contributed by atoms with Crippen LogP contribution in [0.4, 0.5) is 0 Å². The van der Waals surface area contributed by atoms with Gasteiger partial charge in [0.05, 0.1) is 0 Å². The fraction of sp³-hybridized carbons (Fsp3) is 0.688. The van der Waals surface area contributed by atoms with E-state index in [0.29, 0.717) is 6.04 Å². The van der Waals surface area contributed by atoms with Gasteiger partial charge < -0.3 is 10.9 Å². The molecule has 0 aromatic carbocycles. The molecular formula is C16H30N2O. The predicted molar refractivity (Wildman–Crippen MR) is 83.7 cm³/mol. The lowest BCUT2D eigenvalue weighted by molar-refractivity contribution is 0.314. The van der Waals surface area contributed by atoms with Crippen LogP contribution in [0.5, 0.6) is 0 Å². The van der Waals surface area contributed by atoms with E-state index in [1.54, 1.807) is 6.21 Å². The Balaban J connectivity index is 3.69. The van der Waals surface area contributed by atoms with Gasteiger partial charge in [0.15, 0.2) is 0 Å². The van der Waals surface area contributed by atoms with E-state index in [4.69, 9.17) is 10.9 Å². The Hall–Kier alpha value is -1.09. The maximum atomic E-state index is 8.41. The molecule has 3 N–H and O–H groups in total. The Morgan fingerprint density at radius 3 is 2.32 bits per heavy atom. The Labute approximate surface area is 118 Å². The highest BCUT2D eigenvalue weighted by atomic mass is 16.4. The summed E-state index contributed by atoms with van der Waals surface area (Å²) >= 11 is 0. The minimum Gasteiger partial charge on any atom is -0.411 e. The molecule has 0 saturated heterocycles. The topological polar surface area (TPSA) is 58.6 Å². The van der Waals surface area contributed by atoms with Crippen LogP contribution in [0.15, 0.2) is 29.5 Å². The van der Waals surface area contributed by atoms with Gasteiger partial charge in [-0.1, -0.05) is 45.1 Å². The lowest BCUT2D eigenvalue weighted by Gasteiger charge is -2.19. The van der Waals surface area contributed by atoms with Gasteiger partial charge in [-0.05, 0) is 43.9 Å². The lowest BCUT2D eigenvalue weighted by atomic mass is 9.86. The summed E-state index contributed by atoms with van der Waals surface area (Å²) in [6.45, 7) is 6.46. The molecule has 0 fully saturated rings. The number of unbranched alkanes of at least 4 members (excludes halogenated alkanes) is 1. The summed E-state index contributed by atoms with van der Waals surface area (Å²) in [4.78, 5) is 0. The van der Waals surface area contributed by atoms with E-state index >= 15 is 0 Å². The molecule has 1 unspecified atom stereocenters. The molecule has 0 rings (SSSR count). The number of oxime groups is 1. The van der Waals surface area contributed by atoms with Crippen molar-refractivity contribution in [2.75, 3.05) is 0 Å². The van der Waals surface area contributed by atoms with Gasteiger partial charge in [-0.25, -0.2) is 0 Å². The van der Waals surface area contributed by atoms with Gasteiger partial charge in [0.1, 0.15) is 0 Å². The molecule has 0 amide bonds. The maximum Gasteiger partial charge on any atom is 0.0441 e. The van der Waals surface area contributed by atoms with Crippen LogP contribution >= 0.6 is 0 Å². The Morgan fingerprint density at radius 2 is 1.74 bits per heavy atom. The molecular weight excluding hydrogens is 236 g/mol. The molecule has 0 aromatic rings. The zero-order valence-corrected chi connectivity index (χ0v) is 12.7. The van der Waals surface area contributed by atoms with Crippen molar-refractivity contribution in [1.29, 1.82) is 0 Å². The summed E-state index contributed by atoms with van der Waals surface area (Å²) < 4.78 is 0. The first-order valence-corrected chi connectivity index (χ1v) is 7.23. The molecule has 0 radical (unpaired) electrons. The van der Waals surface area contributed by atoms with Gasteiger partial charge in [0, 0.05) is 12.3 Å². The van der Waals surface area contributed by atoms with E-state index in [0.717, 1.165) is 38.5 Å². The van der Waals surface area contributed by atoms with Crippen LogP contribution in [0.25, 0.3) is 0 Å². The van der Waals surface area contributed by atoms with Gasteiger partial charge in [-0.2, -0.15) is 0 Å². The lowest BCUT2D eigenvalue weighted by Crippen LogP contribution is -2.16. The van der Waals surface area contributed by atoms with Crippen LogP contribution < -0.4 is 5.73 Å². The summed E-state index contributed by atoms with van der Waals surface area (Å²) in [5.41, 5.74) is 5.99. The Bertz CT molecular complexity index is 293. The summed E-state index contributed by atoms with van der Waals surface area (Å²) in [5.74, 6) is 0. The van der Waals surface area contributed by atoms with Crippen LogP contribution in [0, 0.1) is 5.41 Å². The second-order valence-corrected chi connectivity index (χ2v) is 5.79. The van der Waals surface area contributed by atoms with E-state index in [1.165, 1.54) is 0 Å². The average Bonchev–Trinajstić information content (AvgIpc) is 2.39. The fourth-order valence-electron chi connectivity index (χ4n) is 1.64. The number of rotatable bonds is 10. The first-order valence-electron chi connectivity index (χ1n) is 7.23. The highest BCUT2D eigenvalue weighted by molar-refractivity contribution is 5.57. The van der Waals surface area contributed by atoms with Crippen molar-refractivity contribution in [3.63, 3.8) is 0 Å². The van der Waals surface area contributed by atoms with Crippen molar-refractivity contribution in [2.24, 2.45) is 16.3 Å². The highest BCUT2D eigenvalue weighted by Crippen LogP contribution is 2.24. The maximum absolute atomic E-state index is 8.41. The van der Waals surface area contributed by atoms with Crippen LogP contribution in [0.2, 0.25) is 0 Å². The molecule has 19 heavy (non-hydrogen) atoms. The summed E-state index contributed by atoms with van der Waals surface area (Å²) in [7, 11) is 0. The fourth-order valence-corrected chi connectivity index (χ4v) is 1.64. The molecule has 110 valence electrons. The van der Waals surface area contributed by atoms with Crippen LogP contribution in [0.1, 0.15) is 59.3 Å². The zero-order chi connectivity index (χ0) is 14.6. The molecule has 0 aliphatic rings. The SMILES string of the molecule is CCC(N)CC=CCCC=CCC(C)(C)CC=NO. The second kappa shape index (κ2) is 10.8. The van der Waals surface area contributed by atoms with Gasteiger partial charge in [0.2, 0.25) is 0 Å². The normalized spacial score (nSPS) is 14.9. The molecule has 0 saturated carbocycles. The van der Waals surface area contributed by atoms with Crippen molar-refractivity contribution in [1.82, 2.24) is 0 Å². The second-order valence-electron chi connectivity index (χ2n) is 5.79. The summed E-state index contributed by atoms with van der Waals surface area (Å²) in [5, 5.41) is 11.5. The van der Waals surface area contributed by atoms with Crippen molar-refractivity contribution in [3.8, 4) is 0 Å². The summed E-state index contributed by atoms with van der Waals surface area (Å²) in [6.07, 6.45) is 16.4. The smallest absolute Gasteiger partial charge is 0.0441 e. The van der Waals surface area contributed by atoms with E-state index in [1.807, 2.05) is 0 Å². The zero-order valence-electron chi connectivity index (χ0n) is 12.7. The third kappa shape index (κ3) is 11.7. The molecule has 1 atom stereocenters. The molecule has 0 aromatic heterocycles. The number of hydrogen-bond donors (Lipinski definition) is 2. The minimum atomic E-state index is 0.159. The number of hydrogen-bond acceptors (Lipinski definition) is 3. The minimum absolute atomic E-state index is 0.159. The molecule has 3 heteroatoms. The molecule has 0 aliphatic heterocycles. The molecule has 3 nitrogen and oxygen atoms in total. The quantitative estimate of drug-likeness (QED) is 0.204. The molecule has 0 heterocycles. The van der Waals surface area contributed by atoms with Gasteiger partial charge in [0.25, 0.3) is 0 Å². The standard InChI is InChI=1S/C16H30N2O/c1-4-15(17)11-9-7-5-6-8-10-12-16(2,3)13-14-18-19/h7-10,14-15,19H,4-6,11-13,17H2,1-3H3. The van der Waals surface area contributed by atoms with E-state index < -0.39 is 0 Å². The average molecular weight is 266 g/mol.